The van der Waals surface area contributed by atoms with Crippen LogP contribution in [-0.2, 0) is 0 Å². The molecule has 70 valence electrons. The molecular formula is C9H11BrN2O. The standard InChI is InChI=1S/C9H11BrN2O/c1-13-9-8(11)5-7(6-12-9)3-2-4-10/h2-3,5-6H,4,11H2,1H3. The van der Waals surface area contributed by atoms with Crippen LogP contribution in [0.2, 0.25) is 0 Å². The van der Waals surface area contributed by atoms with Crippen molar-refractivity contribution < 1.29 is 4.74 Å². The van der Waals surface area contributed by atoms with Crippen LogP contribution in [0.15, 0.2) is 18.3 Å². The molecule has 0 bridgehead atoms. The number of hydrogen-bond donors (Lipinski definition) is 1. The lowest BCUT2D eigenvalue weighted by molar-refractivity contribution is 0.400. The van der Waals surface area contributed by atoms with Gasteiger partial charge in [0.2, 0.25) is 5.88 Å². The van der Waals surface area contributed by atoms with Crippen LogP contribution >= 0.6 is 15.9 Å². The van der Waals surface area contributed by atoms with Crippen LogP contribution in [0.4, 0.5) is 5.69 Å². The van der Waals surface area contributed by atoms with E-state index in [9.17, 15) is 0 Å². The van der Waals surface area contributed by atoms with Gasteiger partial charge in [-0.3, -0.25) is 0 Å². The Balaban J connectivity index is 2.89. The van der Waals surface area contributed by atoms with Gasteiger partial charge >= 0.3 is 0 Å². The Labute approximate surface area is 85.7 Å². The van der Waals surface area contributed by atoms with Crippen LogP contribution in [0.5, 0.6) is 5.88 Å². The summed E-state index contributed by atoms with van der Waals surface area (Å²) in [6.45, 7) is 0. The average Bonchev–Trinajstić information content (AvgIpc) is 2.15. The van der Waals surface area contributed by atoms with E-state index >= 15 is 0 Å². The molecule has 0 amide bonds. The van der Waals surface area contributed by atoms with Gasteiger partial charge in [0.25, 0.3) is 0 Å². The van der Waals surface area contributed by atoms with E-state index < -0.39 is 0 Å². The molecule has 0 aromatic carbocycles. The molecule has 4 heteroatoms. The largest absolute Gasteiger partial charge is 0.480 e. The minimum atomic E-state index is 0.469. The number of alkyl halides is 1. The number of halogens is 1. The molecule has 1 heterocycles. The van der Waals surface area contributed by atoms with Crippen LogP contribution in [0.25, 0.3) is 6.08 Å². The minimum absolute atomic E-state index is 0.469. The van der Waals surface area contributed by atoms with Gasteiger partial charge in [-0.15, -0.1) is 0 Å². The Morgan fingerprint density at radius 2 is 2.46 bits per heavy atom. The highest BCUT2D eigenvalue weighted by atomic mass is 79.9. The fourth-order valence-electron chi connectivity index (χ4n) is 0.929. The number of anilines is 1. The summed E-state index contributed by atoms with van der Waals surface area (Å²) in [5.41, 5.74) is 7.20. The van der Waals surface area contributed by atoms with Gasteiger partial charge in [0.1, 0.15) is 0 Å². The van der Waals surface area contributed by atoms with Crippen LogP contribution < -0.4 is 10.5 Å². The summed E-state index contributed by atoms with van der Waals surface area (Å²) in [4.78, 5) is 4.04. The molecule has 0 atom stereocenters. The summed E-state index contributed by atoms with van der Waals surface area (Å²) in [5, 5.41) is 0.818. The van der Waals surface area contributed by atoms with Gasteiger partial charge in [0, 0.05) is 11.5 Å². The molecule has 0 saturated carbocycles. The second-order valence-electron chi connectivity index (χ2n) is 2.42. The van der Waals surface area contributed by atoms with Gasteiger partial charge in [0.05, 0.1) is 12.8 Å². The molecule has 1 aromatic rings. The van der Waals surface area contributed by atoms with E-state index in [1.165, 1.54) is 0 Å². The number of pyridine rings is 1. The van der Waals surface area contributed by atoms with E-state index in [0.717, 1.165) is 10.9 Å². The predicted octanol–water partition coefficient (Wildman–Crippen LogP) is 2.08. The molecule has 13 heavy (non-hydrogen) atoms. The molecule has 3 nitrogen and oxygen atoms in total. The Bertz CT molecular complexity index is 312. The number of ether oxygens (including phenoxy) is 1. The number of nitrogens with two attached hydrogens (primary N) is 1. The summed E-state index contributed by atoms with van der Waals surface area (Å²) < 4.78 is 4.93. The minimum Gasteiger partial charge on any atom is -0.480 e. The molecule has 0 unspecified atom stereocenters. The molecule has 2 N–H and O–H groups in total. The number of rotatable bonds is 3. The fourth-order valence-corrected chi connectivity index (χ4v) is 1.12. The molecule has 0 aliphatic heterocycles. The molecule has 0 aliphatic rings. The van der Waals surface area contributed by atoms with Crippen molar-refractivity contribution in [2.75, 3.05) is 18.2 Å². The van der Waals surface area contributed by atoms with Crippen LogP contribution in [-0.4, -0.2) is 17.4 Å². The Kier molecular flexibility index (Phi) is 3.76. The highest BCUT2D eigenvalue weighted by Crippen LogP contribution is 2.18. The maximum Gasteiger partial charge on any atom is 0.236 e. The number of aromatic nitrogens is 1. The second-order valence-corrected chi connectivity index (χ2v) is 3.07. The van der Waals surface area contributed by atoms with E-state index in [4.69, 9.17) is 10.5 Å². The topological polar surface area (TPSA) is 48.1 Å². The molecular weight excluding hydrogens is 232 g/mol. The number of allylic oxidation sites excluding steroid dienone is 1. The van der Waals surface area contributed by atoms with Gasteiger partial charge in [-0.25, -0.2) is 4.98 Å². The normalized spacial score (nSPS) is 10.6. The molecule has 0 spiro atoms. The zero-order valence-electron chi connectivity index (χ0n) is 7.33. The van der Waals surface area contributed by atoms with Crippen molar-refractivity contribution in [2.45, 2.75) is 0 Å². The summed E-state index contributed by atoms with van der Waals surface area (Å²) >= 11 is 3.29. The molecule has 1 rings (SSSR count). The number of methoxy groups -OCH3 is 1. The van der Waals surface area contributed by atoms with E-state index in [-0.39, 0.29) is 0 Å². The third-order valence-electron chi connectivity index (χ3n) is 1.49. The van der Waals surface area contributed by atoms with Crippen molar-refractivity contribution in [3.05, 3.63) is 23.9 Å². The summed E-state index contributed by atoms with van der Waals surface area (Å²) in [6.07, 6.45) is 5.63. The second kappa shape index (κ2) is 4.87. The number of hydrogen-bond acceptors (Lipinski definition) is 3. The van der Waals surface area contributed by atoms with Gasteiger partial charge in [-0.2, -0.15) is 0 Å². The van der Waals surface area contributed by atoms with Gasteiger partial charge in [0.15, 0.2) is 0 Å². The lowest BCUT2D eigenvalue weighted by Crippen LogP contribution is -1.95. The fraction of sp³-hybridized carbons (Fsp3) is 0.222. The average molecular weight is 243 g/mol. The predicted molar refractivity (Wildman–Crippen MR) is 58.0 cm³/mol. The summed E-state index contributed by atoms with van der Waals surface area (Å²) in [5.74, 6) is 0.469. The highest BCUT2D eigenvalue weighted by Gasteiger charge is 1.99. The first-order chi connectivity index (χ1) is 6.27. The number of nitrogens with zero attached hydrogens (tertiary/aromatic N) is 1. The summed E-state index contributed by atoms with van der Waals surface area (Å²) in [7, 11) is 1.55. The quantitative estimate of drug-likeness (QED) is 0.827. The molecule has 0 radical (unpaired) electrons. The number of nitrogen functional groups attached to an aromatic ring is 1. The lowest BCUT2D eigenvalue weighted by Gasteiger charge is -2.02. The van der Waals surface area contributed by atoms with Crippen molar-refractivity contribution in [1.29, 1.82) is 0 Å². The molecule has 0 fully saturated rings. The Hall–Kier alpha value is -1.03. The van der Waals surface area contributed by atoms with Gasteiger partial charge in [-0.05, 0) is 11.6 Å². The Morgan fingerprint density at radius 1 is 1.69 bits per heavy atom. The summed E-state index contributed by atoms with van der Waals surface area (Å²) in [6, 6.07) is 1.82. The van der Waals surface area contributed by atoms with E-state index in [1.54, 1.807) is 13.3 Å². The zero-order chi connectivity index (χ0) is 9.68. The first-order valence-electron chi connectivity index (χ1n) is 3.80. The van der Waals surface area contributed by atoms with Gasteiger partial charge in [-0.1, -0.05) is 28.1 Å². The molecule has 1 aromatic heterocycles. The van der Waals surface area contributed by atoms with Crippen molar-refractivity contribution in [1.82, 2.24) is 4.98 Å². The Morgan fingerprint density at radius 3 is 3.00 bits per heavy atom. The highest BCUT2D eigenvalue weighted by molar-refractivity contribution is 9.09. The first-order valence-corrected chi connectivity index (χ1v) is 4.92. The zero-order valence-corrected chi connectivity index (χ0v) is 8.91. The van der Waals surface area contributed by atoms with Crippen molar-refractivity contribution in [2.24, 2.45) is 0 Å². The smallest absolute Gasteiger partial charge is 0.236 e. The first kappa shape index (κ1) is 10.1. The third kappa shape index (κ3) is 2.73. The maximum atomic E-state index is 5.67. The van der Waals surface area contributed by atoms with E-state index in [1.807, 2.05) is 18.2 Å². The SMILES string of the molecule is COc1ncc(C=CCBr)cc1N. The monoisotopic (exact) mass is 242 g/mol. The lowest BCUT2D eigenvalue weighted by atomic mass is 10.2. The van der Waals surface area contributed by atoms with Crippen molar-refractivity contribution in [3.8, 4) is 5.88 Å². The van der Waals surface area contributed by atoms with Crippen LogP contribution in [0.3, 0.4) is 0 Å². The van der Waals surface area contributed by atoms with Gasteiger partial charge < -0.3 is 10.5 Å². The van der Waals surface area contributed by atoms with E-state index in [2.05, 4.69) is 20.9 Å². The molecule has 0 aliphatic carbocycles. The van der Waals surface area contributed by atoms with Crippen LogP contribution in [0.1, 0.15) is 5.56 Å². The maximum absolute atomic E-state index is 5.67. The van der Waals surface area contributed by atoms with Crippen LogP contribution in [0, 0.1) is 0 Å². The van der Waals surface area contributed by atoms with E-state index in [0.29, 0.717) is 11.6 Å². The van der Waals surface area contributed by atoms with Crippen molar-refractivity contribution in [3.63, 3.8) is 0 Å². The third-order valence-corrected chi connectivity index (χ3v) is 1.87. The van der Waals surface area contributed by atoms with Crippen molar-refractivity contribution >= 4 is 27.7 Å². The molecule has 0 saturated heterocycles.